The van der Waals surface area contributed by atoms with Crippen LogP contribution in [0.3, 0.4) is 0 Å². The van der Waals surface area contributed by atoms with Gasteiger partial charge in [-0.3, -0.25) is 4.79 Å². The number of carbonyl (C=O) groups is 1. The summed E-state index contributed by atoms with van der Waals surface area (Å²) in [6.07, 6.45) is 4.80. The van der Waals surface area contributed by atoms with Crippen LogP contribution >= 0.6 is 0 Å². The van der Waals surface area contributed by atoms with Crippen LogP contribution in [0, 0.1) is 0 Å². The van der Waals surface area contributed by atoms with Crippen molar-refractivity contribution < 1.29 is 14.3 Å². The van der Waals surface area contributed by atoms with Gasteiger partial charge in [0.05, 0.1) is 19.8 Å². The van der Waals surface area contributed by atoms with Gasteiger partial charge in [0.1, 0.15) is 17.3 Å². The molecule has 2 aromatic rings. The number of rotatable bonds is 4. The molecule has 1 saturated heterocycles. The van der Waals surface area contributed by atoms with Crippen molar-refractivity contribution in [2.75, 3.05) is 33.9 Å². The Morgan fingerprint density at radius 1 is 1.29 bits per heavy atom. The van der Waals surface area contributed by atoms with Crippen LogP contribution < -0.4 is 14.8 Å². The lowest BCUT2D eigenvalue weighted by molar-refractivity contribution is 0.0700. The van der Waals surface area contributed by atoms with Gasteiger partial charge >= 0.3 is 0 Å². The summed E-state index contributed by atoms with van der Waals surface area (Å²) >= 11 is 0. The third kappa shape index (κ3) is 3.67. The summed E-state index contributed by atoms with van der Waals surface area (Å²) in [6.45, 7) is 3.13. The van der Waals surface area contributed by atoms with Gasteiger partial charge in [-0.15, -0.1) is 0 Å². The number of ether oxygens (including phenoxy) is 2. The van der Waals surface area contributed by atoms with Crippen molar-refractivity contribution in [1.29, 1.82) is 0 Å². The van der Waals surface area contributed by atoms with Gasteiger partial charge in [0.15, 0.2) is 0 Å². The zero-order chi connectivity index (χ0) is 19.5. The molecule has 0 aliphatic carbocycles. The maximum Gasteiger partial charge on any atom is 0.257 e. The van der Waals surface area contributed by atoms with Gasteiger partial charge in [-0.25, -0.2) is 9.97 Å². The highest BCUT2D eigenvalue weighted by Gasteiger charge is 2.29. The van der Waals surface area contributed by atoms with Crippen LogP contribution in [0.4, 0.5) is 0 Å². The second-order valence-corrected chi connectivity index (χ2v) is 7.28. The number of benzene rings is 1. The molecule has 1 fully saturated rings. The highest BCUT2D eigenvalue weighted by atomic mass is 16.5. The van der Waals surface area contributed by atoms with Crippen molar-refractivity contribution in [3.63, 3.8) is 0 Å². The fraction of sp³-hybridized carbons (Fsp3) is 0.476. The van der Waals surface area contributed by atoms with Gasteiger partial charge in [-0.1, -0.05) is 0 Å². The minimum atomic E-state index is -0.0392. The number of nitrogens with zero attached hydrogens (tertiary/aromatic N) is 3. The van der Waals surface area contributed by atoms with E-state index in [2.05, 4.69) is 10.3 Å². The second kappa shape index (κ2) is 8.14. The first-order valence-corrected chi connectivity index (χ1v) is 9.76. The third-order valence-corrected chi connectivity index (χ3v) is 5.54. The molecule has 2 aliphatic heterocycles. The molecule has 7 nitrogen and oxygen atoms in total. The van der Waals surface area contributed by atoms with E-state index in [1.165, 1.54) is 5.56 Å². The fourth-order valence-electron chi connectivity index (χ4n) is 3.97. The maximum absolute atomic E-state index is 13.2. The molecule has 0 unspecified atom stereocenters. The molecule has 1 amide bonds. The van der Waals surface area contributed by atoms with Crippen LogP contribution in [0.2, 0.25) is 0 Å². The molecule has 7 heteroatoms. The average molecular weight is 382 g/mol. The van der Waals surface area contributed by atoms with E-state index >= 15 is 0 Å². The van der Waals surface area contributed by atoms with Crippen molar-refractivity contribution in [3.05, 3.63) is 47.0 Å². The molecule has 1 aromatic heterocycles. The number of hydrogen-bond donors (Lipinski definition) is 1. The Labute approximate surface area is 165 Å². The van der Waals surface area contributed by atoms with E-state index < -0.39 is 0 Å². The average Bonchev–Trinajstić information content (AvgIpc) is 2.77. The summed E-state index contributed by atoms with van der Waals surface area (Å²) in [5.41, 5.74) is 2.85. The number of methoxy groups -OCH3 is 2. The number of carbonyl (C=O) groups excluding carboxylic acids is 1. The molecule has 0 spiro atoms. The molecule has 1 aromatic carbocycles. The first-order chi connectivity index (χ1) is 13.7. The minimum Gasteiger partial charge on any atom is -0.497 e. The predicted molar refractivity (Wildman–Crippen MR) is 105 cm³/mol. The Morgan fingerprint density at radius 3 is 3.00 bits per heavy atom. The Morgan fingerprint density at radius 2 is 2.18 bits per heavy atom. The summed E-state index contributed by atoms with van der Waals surface area (Å²) in [4.78, 5) is 24.5. The highest BCUT2D eigenvalue weighted by Crippen LogP contribution is 2.30. The molecule has 148 valence electrons. The highest BCUT2D eigenvalue weighted by molar-refractivity contribution is 5.97. The van der Waals surface area contributed by atoms with E-state index in [9.17, 15) is 4.79 Å². The van der Waals surface area contributed by atoms with E-state index in [-0.39, 0.29) is 11.8 Å². The first-order valence-electron chi connectivity index (χ1n) is 9.76. The van der Waals surface area contributed by atoms with Crippen LogP contribution in [0.25, 0.3) is 0 Å². The number of hydrogen-bond acceptors (Lipinski definition) is 6. The fourth-order valence-corrected chi connectivity index (χ4v) is 3.97. The predicted octanol–water partition coefficient (Wildman–Crippen LogP) is 2.16. The van der Waals surface area contributed by atoms with Crippen LogP contribution in [0.15, 0.2) is 24.4 Å². The van der Waals surface area contributed by atoms with Crippen molar-refractivity contribution in [3.8, 4) is 11.5 Å². The van der Waals surface area contributed by atoms with E-state index in [1.807, 2.05) is 11.1 Å². The van der Waals surface area contributed by atoms with Crippen LogP contribution in [0.1, 0.15) is 46.2 Å². The molecular formula is C21H26N4O3. The number of fused-ring (bicyclic) bond motifs is 1. The Kier molecular flexibility index (Phi) is 5.43. The monoisotopic (exact) mass is 382 g/mol. The maximum atomic E-state index is 13.2. The number of piperidine rings is 1. The molecule has 1 atom stereocenters. The SMILES string of the molecule is COc1ccc(OC)c(C(=O)N2CCC[C@@H](c3ncc4c(n3)CCNC4)C2)c1. The summed E-state index contributed by atoms with van der Waals surface area (Å²) in [6, 6.07) is 5.31. The first kappa shape index (κ1) is 18.7. The summed E-state index contributed by atoms with van der Waals surface area (Å²) in [5.74, 6) is 2.18. The molecule has 0 bridgehead atoms. The van der Waals surface area contributed by atoms with Crippen molar-refractivity contribution in [2.45, 2.75) is 31.7 Å². The Balaban J connectivity index is 1.55. The van der Waals surface area contributed by atoms with E-state index in [0.29, 0.717) is 23.6 Å². The smallest absolute Gasteiger partial charge is 0.257 e. The molecule has 28 heavy (non-hydrogen) atoms. The number of amides is 1. The topological polar surface area (TPSA) is 76.6 Å². The van der Waals surface area contributed by atoms with Gasteiger partial charge in [0, 0.05) is 56.0 Å². The zero-order valence-corrected chi connectivity index (χ0v) is 16.4. The lowest BCUT2D eigenvalue weighted by atomic mass is 9.95. The summed E-state index contributed by atoms with van der Waals surface area (Å²) < 4.78 is 10.7. The van der Waals surface area contributed by atoms with Crippen molar-refractivity contribution in [2.24, 2.45) is 0 Å². The number of likely N-dealkylation sites (tertiary alicyclic amines) is 1. The van der Waals surface area contributed by atoms with Gasteiger partial charge in [-0.05, 0) is 31.0 Å². The summed E-state index contributed by atoms with van der Waals surface area (Å²) in [5, 5.41) is 3.35. The van der Waals surface area contributed by atoms with Crippen molar-refractivity contribution in [1.82, 2.24) is 20.2 Å². The molecule has 4 rings (SSSR count). The molecular weight excluding hydrogens is 356 g/mol. The number of nitrogens with one attached hydrogen (secondary N) is 1. The van der Waals surface area contributed by atoms with Crippen molar-refractivity contribution >= 4 is 5.91 Å². The lowest BCUT2D eigenvalue weighted by Crippen LogP contribution is -2.40. The molecule has 3 heterocycles. The Hall–Kier alpha value is -2.67. The van der Waals surface area contributed by atoms with Crippen LogP contribution in [-0.4, -0.2) is 54.6 Å². The standard InChI is InChI=1S/C21H26N4O3/c1-27-16-5-6-19(28-2)17(10-16)21(26)25-9-3-4-14(13-25)20-23-12-15-11-22-8-7-18(15)24-20/h5-6,10,12,14,22H,3-4,7-9,11,13H2,1-2H3/t14-/m1/s1. The largest absolute Gasteiger partial charge is 0.497 e. The van der Waals surface area contributed by atoms with Gasteiger partial charge in [-0.2, -0.15) is 0 Å². The van der Waals surface area contributed by atoms with Crippen LogP contribution in [-0.2, 0) is 13.0 Å². The van der Waals surface area contributed by atoms with E-state index in [4.69, 9.17) is 14.5 Å². The summed E-state index contributed by atoms with van der Waals surface area (Å²) in [7, 11) is 3.17. The van der Waals surface area contributed by atoms with E-state index in [0.717, 1.165) is 50.4 Å². The van der Waals surface area contributed by atoms with Gasteiger partial charge in [0.2, 0.25) is 0 Å². The molecule has 0 saturated carbocycles. The van der Waals surface area contributed by atoms with E-state index in [1.54, 1.807) is 32.4 Å². The Bertz CT molecular complexity index is 871. The molecule has 1 N–H and O–H groups in total. The normalized spacial score (nSPS) is 19.1. The zero-order valence-electron chi connectivity index (χ0n) is 16.4. The molecule has 2 aliphatic rings. The van der Waals surface area contributed by atoms with Gasteiger partial charge < -0.3 is 19.7 Å². The quantitative estimate of drug-likeness (QED) is 0.873. The second-order valence-electron chi connectivity index (χ2n) is 7.28. The van der Waals surface area contributed by atoms with Gasteiger partial charge in [0.25, 0.3) is 5.91 Å². The lowest BCUT2D eigenvalue weighted by Gasteiger charge is -2.32. The number of aromatic nitrogens is 2. The minimum absolute atomic E-state index is 0.0392. The molecule has 0 radical (unpaired) electrons. The van der Waals surface area contributed by atoms with Crippen LogP contribution in [0.5, 0.6) is 11.5 Å². The third-order valence-electron chi connectivity index (χ3n) is 5.54.